The summed E-state index contributed by atoms with van der Waals surface area (Å²) in [4.78, 5) is 2.55. The van der Waals surface area contributed by atoms with Gasteiger partial charge in [0.15, 0.2) is 0 Å². The van der Waals surface area contributed by atoms with Crippen LogP contribution >= 0.6 is 0 Å². The smallest absolute Gasteiger partial charge is 0.0317 e. The van der Waals surface area contributed by atoms with Crippen LogP contribution in [0.3, 0.4) is 0 Å². The summed E-state index contributed by atoms with van der Waals surface area (Å²) in [6.45, 7) is 4.43. The molecule has 0 aliphatic heterocycles. The normalized spacial score (nSPS) is 16.7. The lowest BCUT2D eigenvalue weighted by Crippen LogP contribution is -2.39. The maximum Gasteiger partial charge on any atom is 0.0317 e. The number of nitrogen functional groups attached to an aromatic ring is 1. The summed E-state index contributed by atoms with van der Waals surface area (Å²) in [6.07, 6.45) is 4.14. The van der Waals surface area contributed by atoms with Gasteiger partial charge in [-0.15, -0.1) is 0 Å². The van der Waals surface area contributed by atoms with Crippen LogP contribution in [0.2, 0.25) is 0 Å². The fourth-order valence-electron chi connectivity index (χ4n) is 2.18. The van der Waals surface area contributed by atoms with E-state index >= 15 is 0 Å². The highest BCUT2D eigenvalue weighted by Gasteiger charge is 2.23. The Morgan fingerprint density at radius 3 is 2.73 bits per heavy atom. The SMILES string of the molecule is CCN(Cc1cccc(N)c1)C1CCC1. The van der Waals surface area contributed by atoms with Crippen LogP contribution in [0.15, 0.2) is 24.3 Å². The molecule has 1 aromatic carbocycles. The number of rotatable bonds is 4. The minimum Gasteiger partial charge on any atom is -0.399 e. The average molecular weight is 204 g/mol. The summed E-state index contributed by atoms with van der Waals surface area (Å²) < 4.78 is 0. The number of nitrogens with zero attached hydrogens (tertiary/aromatic N) is 1. The van der Waals surface area contributed by atoms with E-state index in [-0.39, 0.29) is 0 Å². The van der Waals surface area contributed by atoms with Crippen LogP contribution in [0, 0.1) is 0 Å². The Hall–Kier alpha value is -1.02. The van der Waals surface area contributed by atoms with Crippen LogP contribution in [0.4, 0.5) is 5.69 Å². The van der Waals surface area contributed by atoms with Crippen molar-refractivity contribution in [1.29, 1.82) is 0 Å². The third kappa shape index (κ3) is 2.51. The molecule has 2 N–H and O–H groups in total. The molecular formula is C13H20N2. The van der Waals surface area contributed by atoms with Gasteiger partial charge in [0.25, 0.3) is 0 Å². The lowest BCUT2D eigenvalue weighted by molar-refractivity contribution is 0.126. The van der Waals surface area contributed by atoms with Crippen molar-refractivity contribution in [2.24, 2.45) is 0 Å². The van der Waals surface area contributed by atoms with Gasteiger partial charge in [-0.1, -0.05) is 25.5 Å². The predicted molar refractivity (Wildman–Crippen MR) is 64.6 cm³/mol. The van der Waals surface area contributed by atoms with Crippen LogP contribution in [0.1, 0.15) is 31.7 Å². The fourth-order valence-corrected chi connectivity index (χ4v) is 2.18. The molecule has 1 aliphatic carbocycles. The van der Waals surface area contributed by atoms with Gasteiger partial charge in [0.05, 0.1) is 0 Å². The minimum atomic E-state index is 0.816. The molecule has 1 aliphatic rings. The van der Waals surface area contributed by atoms with E-state index in [9.17, 15) is 0 Å². The Kier molecular flexibility index (Phi) is 3.27. The molecule has 15 heavy (non-hydrogen) atoms. The highest BCUT2D eigenvalue weighted by molar-refractivity contribution is 5.40. The van der Waals surface area contributed by atoms with E-state index in [1.807, 2.05) is 12.1 Å². The maximum absolute atomic E-state index is 5.78. The number of nitrogens with two attached hydrogens (primary N) is 1. The Bertz CT molecular complexity index is 318. The number of hydrogen-bond acceptors (Lipinski definition) is 2. The van der Waals surface area contributed by atoms with Crippen molar-refractivity contribution in [3.8, 4) is 0 Å². The molecule has 2 rings (SSSR count). The highest BCUT2D eigenvalue weighted by Crippen LogP contribution is 2.26. The fraction of sp³-hybridized carbons (Fsp3) is 0.538. The van der Waals surface area contributed by atoms with E-state index in [1.54, 1.807) is 0 Å². The van der Waals surface area contributed by atoms with Crippen molar-refractivity contribution < 1.29 is 0 Å². The first kappa shape index (κ1) is 10.5. The molecule has 0 amide bonds. The van der Waals surface area contributed by atoms with Crippen LogP contribution < -0.4 is 5.73 Å². The largest absolute Gasteiger partial charge is 0.399 e. The molecule has 0 radical (unpaired) electrons. The van der Waals surface area contributed by atoms with Gasteiger partial charge in [-0.05, 0) is 37.1 Å². The molecule has 1 aromatic rings. The van der Waals surface area contributed by atoms with E-state index in [0.717, 1.165) is 24.8 Å². The maximum atomic E-state index is 5.78. The first-order valence-electron chi connectivity index (χ1n) is 5.88. The van der Waals surface area contributed by atoms with Crippen molar-refractivity contribution in [3.05, 3.63) is 29.8 Å². The Balaban J connectivity index is 1.99. The highest BCUT2D eigenvalue weighted by atomic mass is 15.2. The summed E-state index contributed by atoms with van der Waals surface area (Å²) in [5.41, 5.74) is 7.99. The molecule has 2 nitrogen and oxygen atoms in total. The van der Waals surface area contributed by atoms with Crippen LogP contribution in [-0.2, 0) is 6.54 Å². The van der Waals surface area contributed by atoms with E-state index in [2.05, 4.69) is 24.0 Å². The van der Waals surface area contributed by atoms with Gasteiger partial charge in [0.1, 0.15) is 0 Å². The monoisotopic (exact) mass is 204 g/mol. The third-order valence-electron chi connectivity index (χ3n) is 3.33. The Labute approximate surface area is 92.1 Å². The lowest BCUT2D eigenvalue weighted by atomic mass is 9.91. The summed E-state index contributed by atoms with van der Waals surface area (Å²) in [7, 11) is 0. The van der Waals surface area contributed by atoms with Crippen LogP contribution in [0.5, 0.6) is 0 Å². The molecule has 1 saturated carbocycles. The van der Waals surface area contributed by atoms with Crippen molar-refractivity contribution in [1.82, 2.24) is 4.90 Å². The molecule has 0 bridgehead atoms. The molecule has 1 fully saturated rings. The molecule has 82 valence electrons. The molecule has 0 atom stereocenters. The van der Waals surface area contributed by atoms with Gasteiger partial charge in [0.2, 0.25) is 0 Å². The number of anilines is 1. The third-order valence-corrected chi connectivity index (χ3v) is 3.33. The van der Waals surface area contributed by atoms with Crippen LogP contribution in [0.25, 0.3) is 0 Å². The minimum absolute atomic E-state index is 0.816. The van der Waals surface area contributed by atoms with E-state index < -0.39 is 0 Å². The molecule has 0 saturated heterocycles. The Morgan fingerprint density at radius 1 is 1.40 bits per heavy atom. The second-order valence-corrected chi connectivity index (χ2v) is 4.39. The molecule has 0 unspecified atom stereocenters. The molecule has 2 heteroatoms. The molecule has 0 spiro atoms. The zero-order valence-electron chi connectivity index (χ0n) is 9.45. The average Bonchev–Trinajstić information content (AvgIpc) is 2.14. The summed E-state index contributed by atoms with van der Waals surface area (Å²) in [5.74, 6) is 0. The molecule has 0 aromatic heterocycles. The van der Waals surface area contributed by atoms with Gasteiger partial charge in [0, 0.05) is 18.3 Å². The zero-order chi connectivity index (χ0) is 10.7. The summed E-state index contributed by atoms with van der Waals surface area (Å²) >= 11 is 0. The summed E-state index contributed by atoms with van der Waals surface area (Å²) in [5, 5.41) is 0. The zero-order valence-corrected chi connectivity index (χ0v) is 9.45. The van der Waals surface area contributed by atoms with Gasteiger partial charge in [-0.2, -0.15) is 0 Å². The molecular weight excluding hydrogens is 184 g/mol. The predicted octanol–water partition coefficient (Wildman–Crippen LogP) is 2.64. The van der Waals surface area contributed by atoms with Gasteiger partial charge in [-0.25, -0.2) is 0 Å². The van der Waals surface area contributed by atoms with Gasteiger partial charge in [-0.3, -0.25) is 4.90 Å². The topological polar surface area (TPSA) is 29.3 Å². The van der Waals surface area contributed by atoms with E-state index in [1.165, 1.54) is 24.8 Å². The van der Waals surface area contributed by atoms with E-state index in [4.69, 9.17) is 5.73 Å². The second-order valence-electron chi connectivity index (χ2n) is 4.39. The number of benzene rings is 1. The first-order valence-corrected chi connectivity index (χ1v) is 5.88. The summed E-state index contributed by atoms with van der Waals surface area (Å²) in [6, 6.07) is 9.05. The van der Waals surface area contributed by atoms with E-state index in [0.29, 0.717) is 0 Å². The second kappa shape index (κ2) is 4.67. The van der Waals surface area contributed by atoms with Crippen molar-refractivity contribution in [3.63, 3.8) is 0 Å². The lowest BCUT2D eigenvalue weighted by Gasteiger charge is -2.37. The van der Waals surface area contributed by atoms with Crippen molar-refractivity contribution in [2.45, 2.75) is 38.8 Å². The first-order chi connectivity index (χ1) is 7.29. The van der Waals surface area contributed by atoms with Crippen molar-refractivity contribution >= 4 is 5.69 Å². The van der Waals surface area contributed by atoms with Crippen LogP contribution in [-0.4, -0.2) is 17.5 Å². The molecule has 0 heterocycles. The quantitative estimate of drug-likeness (QED) is 0.764. The van der Waals surface area contributed by atoms with Gasteiger partial charge >= 0.3 is 0 Å². The Morgan fingerprint density at radius 2 is 2.20 bits per heavy atom. The standard InChI is InChI=1S/C13H20N2/c1-2-15(13-7-4-8-13)10-11-5-3-6-12(14)9-11/h3,5-6,9,13H,2,4,7-8,10,14H2,1H3. The van der Waals surface area contributed by atoms with Crippen molar-refractivity contribution in [2.75, 3.05) is 12.3 Å². The van der Waals surface area contributed by atoms with Gasteiger partial charge < -0.3 is 5.73 Å². The number of hydrogen-bond donors (Lipinski definition) is 1.